The molecule has 2 N–H and O–H groups in total. The Labute approximate surface area is 125 Å². The van der Waals surface area contributed by atoms with Crippen molar-refractivity contribution in [2.24, 2.45) is 0 Å². The number of fused-ring (bicyclic) bond motifs is 1. The smallest absolute Gasteiger partial charge is 0.227 e. The molecular formula is C16H23N3O2. The first-order valence-electron chi connectivity index (χ1n) is 7.77. The predicted octanol–water partition coefficient (Wildman–Crippen LogP) is 0.574. The van der Waals surface area contributed by atoms with E-state index in [1.807, 2.05) is 24.3 Å². The Bertz CT molecular complexity index is 486. The Morgan fingerprint density at radius 1 is 1.33 bits per heavy atom. The monoisotopic (exact) mass is 289 g/mol. The van der Waals surface area contributed by atoms with Crippen molar-refractivity contribution in [3.05, 3.63) is 29.8 Å². The third kappa shape index (κ3) is 3.54. The predicted molar refractivity (Wildman–Crippen MR) is 81.6 cm³/mol. The summed E-state index contributed by atoms with van der Waals surface area (Å²) >= 11 is 0. The molecule has 0 aliphatic carbocycles. The van der Waals surface area contributed by atoms with Crippen LogP contribution in [-0.2, 0) is 4.79 Å². The molecule has 3 rings (SSSR count). The molecule has 0 spiro atoms. The molecule has 0 saturated carbocycles. The summed E-state index contributed by atoms with van der Waals surface area (Å²) in [6, 6.07) is 7.85. The maximum Gasteiger partial charge on any atom is 0.227 e. The van der Waals surface area contributed by atoms with Gasteiger partial charge in [0.2, 0.25) is 5.91 Å². The van der Waals surface area contributed by atoms with Gasteiger partial charge in [-0.2, -0.15) is 0 Å². The molecule has 1 amide bonds. The second-order valence-electron chi connectivity index (χ2n) is 5.61. The maximum absolute atomic E-state index is 12.4. The first kappa shape index (κ1) is 14.4. The lowest BCUT2D eigenvalue weighted by atomic mass is 9.92. The summed E-state index contributed by atoms with van der Waals surface area (Å²) in [5, 5.41) is 6.42. The van der Waals surface area contributed by atoms with Gasteiger partial charge >= 0.3 is 0 Å². The van der Waals surface area contributed by atoms with Crippen LogP contribution in [-0.4, -0.2) is 56.7 Å². The Morgan fingerprint density at radius 2 is 2.14 bits per heavy atom. The zero-order chi connectivity index (χ0) is 14.5. The van der Waals surface area contributed by atoms with Crippen LogP contribution < -0.4 is 15.4 Å². The lowest BCUT2D eigenvalue weighted by Gasteiger charge is -2.28. The molecule has 0 bridgehead atoms. The molecule has 5 heteroatoms. The van der Waals surface area contributed by atoms with Crippen molar-refractivity contribution in [2.45, 2.75) is 12.3 Å². The van der Waals surface area contributed by atoms with E-state index in [1.165, 1.54) is 0 Å². The number of carbonyl (C=O) groups is 1. The Morgan fingerprint density at radius 3 is 3.00 bits per heavy atom. The van der Waals surface area contributed by atoms with E-state index in [2.05, 4.69) is 15.5 Å². The van der Waals surface area contributed by atoms with E-state index in [0.717, 1.165) is 57.0 Å². The van der Waals surface area contributed by atoms with Gasteiger partial charge in [0.1, 0.15) is 5.75 Å². The minimum atomic E-state index is -0.0713. The van der Waals surface area contributed by atoms with Crippen LogP contribution in [0.25, 0.3) is 0 Å². The van der Waals surface area contributed by atoms with Gasteiger partial charge in [-0.15, -0.1) is 0 Å². The number of carbonyl (C=O) groups excluding carboxylic acids is 1. The maximum atomic E-state index is 12.4. The van der Waals surface area contributed by atoms with Gasteiger partial charge in [-0.3, -0.25) is 9.69 Å². The fraction of sp³-hybridized carbons (Fsp3) is 0.562. The number of rotatable bonds is 4. The van der Waals surface area contributed by atoms with E-state index in [1.54, 1.807) is 0 Å². The highest BCUT2D eigenvalue weighted by molar-refractivity contribution is 5.84. The number of ether oxygens (including phenoxy) is 1. The fourth-order valence-corrected chi connectivity index (χ4v) is 3.01. The van der Waals surface area contributed by atoms with Gasteiger partial charge in [0.05, 0.1) is 12.5 Å². The number of nitrogens with zero attached hydrogens (tertiary/aromatic N) is 1. The molecule has 1 unspecified atom stereocenters. The van der Waals surface area contributed by atoms with Gasteiger partial charge in [-0.1, -0.05) is 18.2 Å². The summed E-state index contributed by atoms with van der Waals surface area (Å²) in [6.07, 6.45) is 0.760. The third-order valence-electron chi connectivity index (χ3n) is 4.21. The normalized spacial score (nSPS) is 22.2. The molecule has 5 nitrogen and oxygen atoms in total. The molecule has 2 heterocycles. The van der Waals surface area contributed by atoms with Crippen LogP contribution in [0.1, 0.15) is 17.9 Å². The highest BCUT2D eigenvalue weighted by Crippen LogP contribution is 2.33. The lowest BCUT2D eigenvalue weighted by Crippen LogP contribution is -2.46. The molecule has 2 aliphatic heterocycles. The second kappa shape index (κ2) is 6.91. The number of benzene rings is 1. The van der Waals surface area contributed by atoms with Crippen LogP contribution in [0.2, 0.25) is 0 Å². The van der Waals surface area contributed by atoms with E-state index >= 15 is 0 Å². The molecule has 1 saturated heterocycles. The molecule has 1 aromatic carbocycles. The van der Waals surface area contributed by atoms with Crippen molar-refractivity contribution < 1.29 is 9.53 Å². The quantitative estimate of drug-likeness (QED) is 0.851. The zero-order valence-corrected chi connectivity index (χ0v) is 12.3. The summed E-state index contributed by atoms with van der Waals surface area (Å²) in [6.45, 7) is 6.48. The summed E-state index contributed by atoms with van der Waals surface area (Å²) in [5.41, 5.74) is 1.02. The SMILES string of the molecule is O=C(NCCN1CCNCC1)C1CCOc2ccccc21. The van der Waals surface area contributed by atoms with E-state index in [9.17, 15) is 4.79 Å². The standard InChI is InChI=1S/C16H23N3O2/c20-16(18-8-11-19-9-6-17-7-10-19)14-5-12-21-15-4-2-1-3-13(14)15/h1-4,14,17H,5-12H2,(H,18,20). The van der Waals surface area contributed by atoms with Gasteiger partial charge in [0.25, 0.3) is 0 Å². The van der Waals surface area contributed by atoms with Crippen LogP contribution in [0.15, 0.2) is 24.3 Å². The number of para-hydroxylation sites is 1. The molecule has 114 valence electrons. The summed E-state index contributed by atoms with van der Waals surface area (Å²) in [7, 11) is 0. The topological polar surface area (TPSA) is 53.6 Å². The van der Waals surface area contributed by atoms with Crippen molar-refractivity contribution in [2.75, 3.05) is 45.9 Å². The van der Waals surface area contributed by atoms with Crippen molar-refractivity contribution in [3.63, 3.8) is 0 Å². The second-order valence-corrected chi connectivity index (χ2v) is 5.61. The van der Waals surface area contributed by atoms with Crippen molar-refractivity contribution in [1.82, 2.24) is 15.5 Å². The molecule has 1 aromatic rings. The highest BCUT2D eigenvalue weighted by Gasteiger charge is 2.27. The van der Waals surface area contributed by atoms with Gasteiger partial charge in [-0.25, -0.2) is 0 Å². The summed E-state index contributed by atoms with van der Waals surface area (Å²) in [5.74, 6) is 0.907. The summed E-state index contributed by atoms with van der Waals surface area (Å²) < 4.78 is 5.61. The average molecular weight is 289 g/mol. The molecule has 21 heavy (non-hydrogen) atoms. The molecule has 0 radical (unpaired) electrons. The Hall–Kier alpha value is -1.59. The van der Waals surface area contributed by atoms with Crippen LogP contribution in [0.4, 0.5) is 0 Å². The first-order chi connectivity index (χ1) is 10.3. The van der Waals surface area contributed by atoms with Gasteiger partial charge in [0.15, 0.2) is 0 Å². The van der Waals surface area contributed by atoms with Crippen LogP contribution in [0.5, 0.6) is 5.75 Å². The zero-order valence-electron chi connectivity index (χ0n) is 12.3. The average Bonchev–Trinajstić information content (AvgIpc) is 2.55. The largest absolute Gasteiger partial charge is 0.493 e. The van der Waals surface area contributed by atoms with E-state index in [0.29, 0.717) is 6.61 Å². The molecular weight excluding hydrogens is 266 g/mol. The highest BCUT2D eigenvalue weighted by atomic mass is 16.5. The van der Waals surface area contributed by atoms with Crippen LogP contribution in [0, 0.1) is 0 Å². The molecule has 1 atom stereocenters. The fourth-order valence-electron chi connectivity index (χ4n) is 3.01. The number of nitrogens with one attached hydrogen (secondary N) is 2. The minimum absolute atomic E-state index is 0.0713. The van der Waals surface area contributed by atoms with E-state index < -0.39 is 0 Å². The Kier molecular flexibility index (Phi) is 4.72. The number of amides is 1. The minimum Gasteiger partial charge on any atom is -0.493 e. The number of hydrogen-bond donors (Lipinski definition) is 2. The van der Waals surface area contributed by atoms with Crippen molar-refractivity contribution in [3.8, 4) is 5.75 Å². The van der Waals surface area contributed by atoms with Crippen LogP contribution in [0.3, 0.4) is 0 Å². The lowest BCUT2D eigenvalue weighted by molar-refractivity contribution is -0.123. The van der Waals surface area contributed by atoms with Crippen molar-refractivity contribution >= 4 is 5.91 Å². The molecule has 0 aromatic heterocycles. The molecule has 1 fully saturated rings. The van der Waals surface area contributed by atoms with Gasteiger partial charge in [-0.05, 0) is 12.5 Å². The Balaban J connectivity index is 1.51. The van der Waals surface area contributed by atoms with Crippen LogP contribution >= 0.6 is 0 Å². The van der Waals surface area contributed by atoms with Crippen molar-refractivity contribution in [1.29, 1.82) is 0 Å². The third-order valence-corrected chi connectivity index (χ3v) is 4.21. The number of piperazine rings is 1. The first-order valence-corrected chi connectivity index (χ1v) is 7.77. The summed E-state index contributed by atoms with van der Waals surface area (Å²) in [4.78, 5) is 14.8. The van der Waals surface area contributed by atoms with E-state index in [4.69, 9.17) is 4.74 Å². The number of hydrogen-bond acceptors (Lipinski definition) is 4. The van der Waals surface area contributed by atoms with Gasteiger partial charge in [0, 0.05) is 44.8 Å². The van der Waals surface area contributed by atoms with E-state index in [-0.39, 0.29) is 11.8 Å². The molecule has 2 aliphatic rings. The van der Waals surface area contributed by atoms with Gasteiger partial charge < -0.3 is 15.4 Å².